The maximum atomic E-state index is 9.50. The van der Waals surface area contributed by atoms with E-state index in [9.17, 15) is 25.5 Å². The van der Waals surface area contributed by atoms with E-state index >= 15 is 0 Å². The van der Waals surface area contributed by atoms with E-state index in [4.69, 9.17) is 12.2 Å². The molecule has 0 aromatic heterocycles. The lowest BCUT2D eigenvalue weighted by atomic mass is 10.1. The largest absolute Gasteiger partial charge is 0.504 e. The van der Waals surface area contributed by atoms with Crippen molar-refractivity contribution in [2.75, 3.05) is 0 Å². The topological polar surface area (TPSA) is 113 Å². The predicted octanol–water partition coefficient (Wildman–Crippen LogP) is 3.11. The molecule has 24 heavy (non-hydrogen) atoms. The zero-order valence-corrected chi connectivity index (χ0v) is 14.6. The van der Waals surface area contributed by atoms with Crippen molar-refractivity contribution in [3.63, 3.8) is 0 Å². The number of hydrogen-bond donors (Lipinski definition) is 6. The molecule has 2 rings (SSSR count). The van der Waals surface area contributed by atoms with E-state index < -0.39 is 17.2 Å². The second-order valence-corrected chi connectivity index (χ2v) is 6.19. The minimum atomic E-state index is -0.571. The monoisotopic (exact) mass is 411 g/mol. The lowest BCUT2D eigenvalue weighted by Crippen LogP contribution is -2.18. The molecule has 0 saturated carbocycles. The first-order chi connectivity index (χ1) is 11.3. The zero-order chi connectivity index (χ0) is 17.9. The highest BCUT2D eigenvalue weighted by Crippen LogP contribution is 2.35. The maximum Gasteiger partial charge on any atom is 0.200 e. The highest BCUT2D eigenvalue weighted by atomic mass is 79.9. The van der Waals surface area contributed by atoms with Crippen molar-refractivity contribution in [1.82, 2.24) is 5.32 Å². The van der Waals surface area contributed by atoms with Gasteiger partial charge in [-0.2, -0.15) is 0 Å². The zero-order valence-electron chi connectivity index (χ0n) is 12.2. The number of rotatable bonds is 4. The van der Waals surface area contributed by atoms with Gasteiger partial charge in [0.1, 0.15) is 0 Å². The van der Waals surface area contributed by atoms with Gasteiger partial charge in [-0.05, 0) is 41.5 Å². The van der Waals surface area contributed by atoms with Gasteiger partial charge in [0.05, 0.1) is 4.99 Å². The highest BCUT2D eigenvalue weighted by Gasteiger charge is 2.08. The van der Waals surface area contributed by atoms with Crippen molar-refractivity contribution >= 4 is 39.2 Å². The van der Waals surface area contributed by atoms with Crippen LogP contribution in [-0.4, -0.2) is 30.5 Å². The number of nitrogens with one attached hydrogen (secondary N) is 1. The normalized spacial score (nSPS) is 10.9. The second-order valence-electron chi connectivity index (χ2n) is 4.90. The molecule has 8 heteroatoms. The van der Waals surface area contributed by atoms with E-state index in [2.05, 4.69) is 21.2 Å². The van der Waals surface area contributed by atoms with Crippen molar-refractivity contribution < 1.29 is 25.5 Å². The Bertz CT molecular complexity index is 799. The Balaban J connectivity index is 2.02. The molecule has 0 radical (unpaired) electrons. The van der Waals surface area contributed by atoms with Crippen LogP contribution in [-0.2, 0) is 6.54 Å². The number of phenols is 5. The molecule has 126 valence electrons. The molecule has 0 heterocycles. The van der Waals surface area contributed by atoms with Crippen molar-refractivity contribution in [1.29, 1.82) is 0 Å². The van der Waals surface area contributed by atoms with Gasteiger partial charge in [0, 0.05) is 11.0 Å². The molecule has 6 N–H and O–H groups in total. The molecule has 0 fully saturated rings. The molecule has 0 spiro atoms. The van der Waals surface area contributed by atoms with Gasteiger partial charge >= 0.3 is 0 Å². The number of aromatic hydroxyl groups is 5. The molecule has 0 atom stereocenters. The van der Waals surface area contributed by atoms with E-state index in [0.29, 0.717) is 20.6 Å². The Morgan fingerprint density at radius 1 is 0.958 bits per heavy atom. The summed E-state index contributed by atoms with van der Waals surface area (Å²) in [7, 11) is 0. The summed E-state index contributed by atoms with van der Waals surface area (Å²) in [6.45, 7) is 0.229. The molecule has 0 aliphatic carbocycles. The molecule has 0 unspecified atom stereocenters. The number of hydrogen-bond acceptors (Lipinski definition) is 6. The van der Waals surface area contributed by atoms with Crippen LogP contribution in [0.1, 0.15) is 11.1 Å². The Morgan fingerprint density at radius 2 is 1.54 bits per heavy atom. The summed E-state index contributed by atoms with van der Waals surface area (Å²) in [4.78, 5) is 0.376. The smallest absolute Gasteiger partial charge is 0.200 e. The molecule has 0 amide bonds. The van der Waals surface area contributed by atoms with E-state index in [1.807, 2.05) is 0 Å². The average molecular weight is 412 g/mol. The summed E-state index contributed by atoms with van der Waals surface area (Å²) in [6, 6.07) is 5.37. The first-order valence-electron chi connectivity index (χ1n) is 6.69. The van der Waals surface area contributed by atoms with Gasteiger partial charge in [0.25, 0.3) is 0 Å². The molecule has 2 aromatic rings. The van der Waals surface area contributed by atoms with Gasteiger partial charge in [-0.3, -0.25) is 0 Å². The summed E-state index contributed by atoms with van der Waals surface area (Å²) >= 11 is 8.41. The summed E-state index contributed by atoms with van der Waals surface area (Å²) in [5, 5.41) is 49.9. The van der Waals surface area contributed by atoms with Crippen molar-refractivity contribution in [2.45, 2.75) is 6.54 Å². The SMILES string of the molecule is Oc1cc(Br)c(/C=C/C(=S)NCc2cc(O)c(O)c(O)c2)cc1O. The molecule has 0 bridgehead atoms. The van der Waals surface area contributed by atoms with Crippen LogP contribution in [0, 0.1) is 0 Å². The Kier molecular flexibility index (Phi) is 5.53. The minimum Gasteiger partial charge on any atom is -0.504 e. The van der Waals surface area contributed by atoms with Gasteiger partial charge in [0.15, 0.2) is 28.7 Å². The highest BCUT2D eigenvalue weighted by molar-refractivity contribution is 9.10. The quantitative estimate of drug-likeness (QED) is 0.260. The van der Waals surface area contributed by atoms with Crippen molar-refractivity contribution in [3.05, 3.63) is 45.9 Å². The van der Waals surface area contributed by atoms with E-state index in [0.717, 1.165) is 0 Å². The van der Waals surface area contributed by atoms with E-state index in [1.165, 1.54) is 24.3 Å². The van der Waals surface area contributed by atoms with E-state index in [-0.39, 0.29) is 18.0 Å². The summed E-state index contributed by atoms with van der Waals surface area (Å²) in [6.07, 6.45) is 3.23. The van der Waals surface area contributed by atoms with Crippen molar-refractivity contribution in [2.24, 2.45) is 0 Å². The van der Waals surface area contributed by atoms with Crippen LogP contribution >= 0.6 is 28.1 Å². The van der Waals surface area contributed by atoms with Crippen LogP contribution in [0.4, 0.5) is 0 Å². The molecule has 0 aliphatic heterocycles. The summed E-state index contributed by atoms with van der Waals surface area (Å²) in [5.41, 5.74) is 1.15. The van der Waals surface area contributed by atoms with Gasteiger partial charge in [-0.1, -0.05) is 34.2 Å². The maximum absolute atomic E-state index is 9.50. The summed E-state index contributed by atoms with van der Waals surface area (Å²) < 4.78 is 0.588. The first-order valence-corrected chi connectivity index (χ1v) is 7.89. The lowest BCUT2D eigenvalue weighted by Gasteiger charge is -2.08. The van der Waals surface area contributed by atoms with Crippen LogP contribution in [0.5, 0.6) is 28.7 Å². The van der Waals surface area contributed by atoms with Crippen LogP contribution in [0.15, 0.2) is 34.8 Å². The lowest BCUT2D eigenvalue weighted by molar-refractivity contribution is 0.367. The summed E-state index contributed by atoms with van der Waals surface area (Å²) in [5.74, 6) is -1.88. The average Bonchev–Trinajstić information content (AvgIpc) is 2.52. The molecule has 0 aliphatic rings. The fraction of sp³-hybridized carbons (Fsp3) is 0.0625. The molecule has 0 saturated heterocycles. The standard InChI is InChI=1S/C16H14BrNO5S/c17-10-6-12(20)11(19)5-9(10)1-2-15(24)18-7-8-3-13(21)16(23)14(22)4-8/h1-6,19-23H,7H2,(H,18,24)/b2-1+. The fourth-order valence-electron chi connectivity index (χ4n) is 1.87. The third kappa shape index (κ3) is 4.30. The molecule has 2 aromatic carbocycles. The van der Waals surface area contributed by atoms with Crippen molar-refractivity contribution in [3.8, 4) is 28.7 Å². The second kappa shape index (κ2) is 7.41. The molecular formula is C16H14BrNO5S. The van der Waals surface area contributed by atoms with Crippen LogP contribution in [0.25, 0.3) is 6.08 Å². The number of thiocarbonyl (C=S) groups is 1. The fourth-order valence-corrected chi connectivity index (χ4v) is 2.48. The minimum absolute atomic E-state index is 0.229. The Labute approximate surface area is 151 Å². The Morgan fingerprint density at radius 3 is 2.17 bits per heavy atom. The Hall–Kier alpha value is -2.45. The van der Waals surface area contributed by atoms with Gasteiger partial charge in [-0.15, -0.1) is 0 Å². The van der Waals surface area contributed by atoms with Crippen LogP contribution in [0.2, 0.25) is 0 Å². The van der Waals surface area contributed by atoms with Gasteiger partial charge < -0.3 is 30.8 Å². The van der Waals surface area contributed by atoms with Crippen LogP contribution in [0.3, 0.4) is 0 Å². The molecule has 6 nitrogen and oxygen atoms in total. The number of phenolic OH excluding ortho intramolecular Hbond substituents is 5. The van der Waals surface area contributed by atoms with Gasteiger partial charge in [-0.25, -0.2) is 0 Å². The van der Waals surface area contributed by atoms with Gasteiger partial charge in [0.2, 0.25) is 0 Å². The first kappa shape index (κ1) is 17.9. The molecular weight excluding hydrogens is 398 g/mol. The number of benzene rings is 2. The number of halogens is 1. The third-order valence-corrected chi connectivity index (χ3v) is 4.07. The third-order valence-electron chi connectivity index (χ3n) is 3.10. The predicted molar refractivity (Wildman–Crippen MR) is 97.4 cm³/mol. The van der Waals surface area contributed by atoms with E-state index in [1.54, 1.807) is 12.2 Å². The van der Waals surface area contributed by atoms with Crippen LogP contribution < -0.4 is 5.32 Å².